The lowest BCUT2D eigenvalue weighted by molar-refractivity contribution is -0.385. The van der Waals surface area contributed by atoms with Crippen molar-refractivity contribution in [3.8, 4) is 11.8 Å². The second-order valence-electron chi connectivity index (χ2n) is 6.45. The molecule has 1 aliphatic rings. The van der Waals surface area contributed by atoms with Crippen LogP contribution in [-0.2, 0) is 9.53 Å². The molecular weight excluding hydrogens is 326 g/mol. The number of nitro groups is 1. The van der Waals surface area contributed by atoms with E-state index in [-0.39, 0.29) is 28.6 Å². The number of ether oxygens (including phenoxy) is 2. The van der Waals surface area contributed by atoms with E-state index in [9.17, 15) is 14.9 Å². The molecule has 2 rings (SSSR count). The third-order valence-electron chi connectivity index (χ3n) is 3.32. The number of hydrogen-bond donors (Lipinski definition) is 1. The van der Waals surface area contributed by atoms with Gasteiger partial charge in [-0.05, 0) is 46.2 Å². The third kappa shape index (κ3) is 7.18. The van der Waals surface area contributed by atoms with Gasteiger partial charge in [-0.15, -0.1) is 0 Å². The zero-order chi connectivity index (χ0) is 18.9. The number of hydrogen-bond acceptors (Lipinski definition) is 7. The van der Waals surface area contributed by atoms with Crippen LogP contribution >= 0.6 is 0 Å². The summed E-state index contributed by atoms with van der Waals surface area (Å²) in [6, 6.07) is 6.51. The zero-order valence-corrected chi connectivity index (χ0v) is 14.7. The fourth-order valence-electron chi connectivity index (χ4n) is 2.14. The standard InChI is InChI=1S/C12H13N3O3.C5H10O2/c13-7-10-11(15(16)17)4-1-5-12(10)18-8-9-3-2-6-14-9;1-5(2,3)7-4-6/h1,4-5,9,14H,2-3,6,8H2;4H,1-3H3/t9-;/m0./s1. The van der Waals surface area contributed by atoms with Crippen molar-refractivity contribution in [1.82, 2.24) is 5.32 Å². The molecule has 1 atom stereocenters. The van der Waals surface area contributed by atoms with E-state index in [1.165, 1.54) is 12.1 Å². The highest BCUT2D eigenvalue weighted by molar-refractivity contribution is 5.56. The predicted octanol–water partition coefficient (Wildman–Crippen LogP) is 2.56. The first kappa shape index (κ1) is 20.4. The zero-order valence-electron chi connectivity index (χ0n) is 14.7. The summed E-state index contributed by atoms with van der Waals surface area (Å²) in [6.45, 7) is 7.31. The molecule has 0 spiro atoms. The predicted molar refractivity (Wildman–Crippen MR) is 91.2 cm³/mol. The molecule has 0 amide bonds. The van der Waals surface area contributed by atoms with Crippen LogP contribution in [0.15, 0.2) is 18.2 Å². The largest absolute Gasteiger partial charge is 0.490 e. The van der Waals surface area contributed by atoms with Crippen molar-refractivity contribution >= 4 is 12.2 Å². The SMILES string of the molecule is CC(C)(C)OC=O.N#Cc1c(OC[C@@H]2CCCN2)cccc1[N+](=O)[O-]. The minimum absolute atomic E-state index is 0.0134. The van der Waals surface area contributed by atoms with Gasteiger partial charge in [0.25, 0.3) is 12.2 Å². The molecule has 1 aromatic carbocycles. The molecule has 136 valence electrons. The Kier molecular flexibility index (Phi) is 7.82. The Morgan fingerprint density at radius 2 is 2.20 bits per heavy atom. The van der Waals surface area contributed by atoms with Gasteiger partial charge in [-0.3, -0.25) is 14.9 Å². The third-order valence-corrected chi connectivity index (χ3v) is 3.32. The van der Waals surface area contributed by atoms with Crippen LogP contribution in [0, 0.1) is 21.4 Å². The van der Waals surface area contributed by atoms with Gasteiger partial charge in [0.05, 0.1) is 4.92 Å². The maximum absolute atomic E-state index is 10.8. The van der Waals surface area contributed by atoms with E-state index in [4.69, 9.17) is 10.00 Å². The Balaban J connectivity index is 0.000000381. The smallest absolute Gasteiger partial charge is 0.293 e. The van der Waals surface area contributed by atoms with E-state index in [2.05, 4.69) is 10.1 Å². The van der Waals surface area contributed by atoms with Crippen molar-refractivity contribution in [2.45, 2.75) is 45.3 Å². The van der Waals surface area contributed by atoms with Gasteiger partial charge in [-0.2, -0.15) is 5.26 Å². The van der Waals surface area contributed by atoms with Gasteiger partial charge in [-0.1, -0.05) is 6.07 Å². The normalized spacial score (nSPS) is 16.2. The highest BCUT2D eigenvalue weighted by atomic mass is 16.6. The number of nitro benzene ring substituents is 1. The summed E-state index contributed by atoms with van der Waals surface area (Å²) < 4.78 is 10.1. The second-order valence-corrected chi connectivity index (χ2v) is 6.45. The van der Waals surface area contributed by atoms with E-state index in [0.717, 1.165) is 19.4 Å². The van der Waals surface area contributed by atoms with E-state index >= 15 is 0 Å². The van der Waals surface area contributed by atoms with Crippen LogP contribution in [0.2, 0.25) is 0 Å². The van der Waals surface area contributed by atoms with Gasteiger partial charge in [0.15, 0.2) is 5.56 Å². The molecule has 0 radical (unpaired) electrons. The van der Waals surface area contributed by atoms with E-state index < -0.39 is 4.92 Å². The van der Waals surface area contributed by atoms with E-state index in [1.54, 1.807) is 6.07 Å². The van der Waals surface area contributed by atoms with Gasteiger partial charge in [0.2, 0.25) is 0 Å². The highest BCUT2D eigenvalue weighted by Gasteiger charge is 2.20. The molecule has 1 aromatic rings. The van der Waals surface area contributed by atoms with Crippen LogP contribution in [0.25, 0.3) is 0 Å². The maximum atomic E-state index is 10.8. The van der Waals surface area contributed by atoms with Crippen LogP contribution < -0.4 is 10.1 Å². The fraction of sp³-hybridized carbons (Fsp3) is 0.529. The molecule has 1 heterocycles. The summed E-state index contributed by atoms with van der Waals surface area (Å²) in [5.41, 5.74) is -0.545. The van der Waals surface area contributed by atoms with Gasteiger partial charge >= 0.3 is 0 Å². The Morgan fingerprint density at radius 3 is 2.64 bits per heavy atom. The number of nitrogens with one attached hydrogen (secondary N) is 1. The van der Waals surface area contributed by atoms with Gasteiger partial charge in [0, 0.05) is 12.1 Å². The van der Waals surface area contributed by atoms with Crippen molar-refractivity contribution < 1.29 is 19.2 Å². The molecule has 0 unspecified atom stereocenters. The summed E-state index contributed by atoms with van der Waals surface area (Å²) in [7, 11) is 0. The molecule has 1 aliphatic heterocycles. The van der Waals surface area contributed by atoms with Gasteiger partial charge in [-0.25, -0.2) is 0 Å². The average Bonchev–Trinajstić information content (AvgIpc) is 3.05. The van der Waals surface area contributed by atoms with Crippen LogP contribution in [-0.4, -0.2) is 36.2 Å². The van der Waals surface area contributed by atoms with Crippen molar-refractivity contribution in [1.29, 1.82) is 5.26 Å². The molecule has 0 saturated carbocycles. The number of nitrogens with zero attached hydrogens (tertiary/aromatic N) is 2. The van der Waals surface area contributed by atoms with Crippen molar-refractivity contribution in [2.24, 2.45) is 0 Å². The molecule has 25 heavy (non-hydrogen) atoms. The van der Waals surface area contributed by atoms with Gasteiger partial charge in [0.1, 0.15) is 24.0 Å². The minimum Gasteiger partial charge on any atom is -0.490 e. The van der Waals surface area contributed by atoms with Crippen LogP contribution in [0.3, 0.4) is 0 Å². The average molecular weight is 349 g/mol. The lowest BCUT2D eigenvalue weighted by Gasteiger charge is -2.14. The molecule has 0 bridgehead atoms. The number of rotatable bonds is 5. The Morgan fingerprint density at radius 1 is 1.48 bits per heavy atom. The number of carbonyl (C=O) groups is 1. The summed E-state index contributed by atoms with van der Waals surface area (Å²) in [5, 5.41) is 23.0. The summed E-state index contributed by atoms with van der Waals surface area (Å²) in [6.07, 6.45) is 2.13. The molecule has 8 heteroatoms. The molecule has 0 aliphatic carbocycles. The lowest BCUT2D eigenvalue weighted by atomic mass is 10.1. The summed E-state index contributed by atoms with van der Waals surface area (Å²) in [5.74, 6) is 0.278. The Labute approximate surface area is 146 Å². The molecule has 8 nitrogen and oxygen atoms in total. The van der Waals surface area contributed by atoms with Crippen LogP contribution in [0.4, 0.5) is 5.69 Å². The first-order valence-corrected chi connectivity index (χ1v) is 7.93. The lowest BCUT2D eigenvalue weighted by Crippen LogP contribution is -2.28. The number of benzene rings is 1. The Bertz CT molecular complexity index is 628. The quantitative estimate of drug-likeness (QED) is 0.493. The fourth-order valence-corrected chi connectivity index (χ4v) is 2.14. The second kappa shape index (κ2) is 9.59. The number of carbonyl (C=O) groups excluding carboxylic acids is 1. The summed E-state index contributed by atoms with van der Waals surface area (Å²) >= 11 is 0. The van der Waals surface area contributed by atoms with Crippen molar-refractivity contribution in [2.75, 3.05) is 13.2 Å². The van der Waals surface area contributed by atoms with Crippen LogP contribution in [0.1, 0.15) is 39.2 Å². The van der Waals surface area contributed by atoms with Crippen LogP contribution in [0.5, 0.6) is 5.75 Å². The molecule has 1 saturated heterocycles. The molecule has 0 aromatic heterocycles. The monoisotopic (exact) mass is 349 g/mol. The minimum atomic E-state index is -0.570. The first-order valence-electron chi connectivity index (χ1n) is 7.93. The summed E-state index contributed by atoms with van der Waals surface area (Å²) in [4.78, 5) is 19.8. The topological polar surface area (TPSA) is 114 Å². The van der Waals surface area contributed by atoms with Crippen molar-refractivity contribution in [3.63, 3.8) is 0 Å². The molecular formula is C17H23N3O5. The highest BCUT2D eigenvalue weighted by Crippen LogP contribution is 2.27. The first-order chi connectivity index (χ1) is 11.8. The van der Waals surface area contributed by atoms with E-state index in [1.807, 2.05) is 26.8 Å². The molecule has 1 fully saturated rings. The Hall–Kier alpha value is -2.66. The number of nitriles is 1. The van der Waals surface area contributed by atoms with Gasteiger partial charge < -0.3 is 14.8 Å². The van der Waals surface area contributed by atoms with E-state index in [0.29, 0.717) is 13.1 Å². The molecule has 1 N–H and O–H groups in total. The maximum Gasteiger partial charge on any atom is 0.293 e. The van der Waals surface area contributed by atoms with Crippen molar-refractivity contribution in [3.05, 3.63) is 33.9 Å².